The molecule has 3 heterocycles. The summed E-state index contributed by atoms with van der Waals surface area (Å²) in [4.78, 5) is 39.7. The van der Waals surface area contributed by atoms with Crippen molar-refractivity contribution in [3.05, 3.63) is 47.5 Å². The lowest BCUT2D eigenvalue weighted by Crippen LogP contribution is -2.37. The summed E-state index contributed by atoms with van der Waals surface area (Å²) in [6, 6.07) is 9.15. The standard InChI is InChI=1S/C27H33ClFN5O7/c1-26(2,3)40-24(36)33(12-15-10-8-7-9-11-15)20-18-21(32-23(28)31-20)34(14-30-18)22-17(29)19(16(13-35)38-22)39-25(37)41-27(4,5)6/h7-11,14,16-17,19,22,35H,12-13H2,1-6H3/t16-,17+,19-,22-/m1/s1. The van der Waals surface area contributed by atoms with Gasteiger partial charge in [0.2, 0.25) is 5.28 Å². The Hall–Kier alpha value is -3.55. The number of benzene rings is 1. The average molecular weight is 594 g/mol. The van der Waals surface area contributed by atoms with Gasteiger partial charge in [-0.05, 0) is 58.7 Å². The van der Waals surface area contributed by atoms with E-state index in [0.717, 1.165) is 5.56 Å². The monoisotopic (exact) mass is 593 g/mol. The number of rotatable bonds is 6. The number of aromatic nitrogens is 4. The molecule has 3 aromatic rings. The fourth-order valence-corrected chi connectivity index (χ4v) is 4.31. The second-order valence-corrected chi connectivity index (χ2v) is 11.8. The molecule has 4 atom stereocenters. The first-order valence-electron chi connectivity index (χ1n) is 12.9. The zero-order chi connectivity index (χ0) is 30.1. The zero-order valence-electron chi connectivity index (χ0n) is 23.6. The molecule has 4 rings (SSSR count). The number of amides is 1. The molecule has 1 aliphatic heterocycles. The van der Waals surface area contributed by atoms with E-state index >= 15 is 4.39 Å². The second-order valence-electron chi connectivity index (χ2n) is 11.4. The first-order valence-corrected chi connectivity index (χ1v) is 13.3. The second kappa shape index (κ2) is 11.7. The lowest BCUT2D eigenvalue weighted by molar-refractivity contribution is -0.0682. The Balaban J connectivity index is 1.72. The van der Waals surface area contributed by atoms with Gasteiger partial charge in [-0.3, -0.25) is 9.47 Å². The van der Waals surface area contributed by atoms with Gasteiger partial charge >= 0.3 is 12.2 Å². The van der Waals surface area contributed by atoms with Gasteiger partial charge in [-0.1, -0.05) is 30.3 Å². The van der Waals surface area contributed by atoms with Crippen molar-refractivity contribution in [1.82, 2.24) is 19.5 Å². The van der Waals surface area contributed by atoms with Gasteiger partial charge in [-0.15, -0.1) is 0 Å². The molecule has 1 N–H and O–H groups in total. The number of aliphatic hydroxyl groups is 1. The predicted molar refractivity (Wildman–Crippen MR) is 146 cm³/mol. The van der Waals surface area contributed by atoms with Crippen LogP contribution < -0.4 is 4.90 Å². The van der Waals surface area contributed by atoms with E-state index in [1.165, 1.54) is 15.8 Å². The fourth-order valence-electron chi connectivity index (χ4n) is 4.15. The molecule has 2 aromatic heterocycles. The molecule has 0 unspecified atom stereocenters. The fraction of sp³-hybridized carbons (Fsp3) is 0.519. The summed E-state index contributed by atoms with van der Waals surface area (Å²) in [5, 5.41) is 9.58. The van der Waals surface area contributed by atoms with E-state index in [-0.39, 0.29) is 28.8 Å². The molecule has 0 aliphatic carbocycles. The smallest absolute Gasteiger partial charge is 0.443 e. The number of nitrogens with zero attached hydrogens (tertiary/aromatic N) is 5. The number of carbonyl (C=O) groups is 2. The van der Waals surface area contributed by atoms with Crippen molar-refractivity contribution < 1.29 is 38.0 Å². The number of anilines is 1. The Bertz CT molecular complexity index is 1390. The number of fused-ring (bicyclic) bond motifs is 1. The quantitative estimate of drug-likeness (QED) is 0.308. The van der Waals surface area contributed by atoms with Crippen molar-refractivity contribution in [2.24, 2.45) is 0 Å². The molecule has 222 valence electrons. The SMILES string of the molecule is CC(C)(C)OC(=O)O[C@H]1[C@H](F)[C@H](n2cnc3c(N(Cc4ccccc4)C(=O)OC(C)(C)C)nc(Cl)nc32)O[C@@H]1CO. The molecular weight excluding hydrogens is 561 g/mol. The molecule has 0 radical (unpaired) electrons. The van der Waals surface area contributed by atoms with Gasteiger partial charge < -0.3 is 24.1 Å². The number of hydrogen-bond donors (Lipinski definition) is 1. The van der Waals surface area contributed by atoms with Crippen molar-refractivity contribution >= 4 is 40.8 Å². The number of carbonyl (C=O) groups excluding carboxylic acids is 2. The summed E-state index contributed by atoms with van der Waals surface area (Å²) in [6.07, 6.45) is -6.61. The number of imidazole rings is 1. The predicted octanol–water partition coefficient (Wildman–Crippen LogP) is 4.97. The van der Waals surface area contributed by atoms with E-state index in [4.69, 9.17) is 30.5 Å². The van der Waals surface area contributed by atoms with E-state index in [2.05, 4.69) is 15.0 Å². The maximum absolute atomic E-state index is 15.8. The third-order valence-electron chi connectivity index (χ3n) is 5.77. The van der Waals surface area contributed by atoms with Gasteiger partial charge in [0.15, 0.2) is 35.5 Å². The van der Waals surface area contributed by atoms with Crippen LogP contribution in [0.3, 0.4) is 0 Å². The summed E-state index contributed by atoms with van der Waals surface area (Å²) >= 11 is 6.29. The Labute approximate surface area is 241 Å². The highest BCUT2D eigenvalue weighted by Crippen LogP contribution is 2.37. The summed E-state index contributed by atoms with van der Waals surface area (Å²) in [5.41, 5.74) is -0.756. The van der Waals surface area contributed by atoms with Crippen molar-refractivity contribution in [2.75, 3.05) is 11.5 Å². The first kappa shape index (κ1) is 30.4. The molecule has 0 bridgehead atoms. The van der Waals surface area contributed by atoms with Gasteiger partial charge in [0.25, 0.3) is 0 Å². The minimum atomic E-state index is -1.94. The molecule has 14 heteroatoms. The summed E-state index contributed by atoms with van der Waals surface area (Å²) in [6.45, 7) is 9.52. The van der Waals surface area contributed by atoms with Crippen LogP contribution in [0.1, 0.15) is 53.3 Å². The van der Waals surface area contributed by atoms with Gasteiger partial charge in [0, 0.05) is 0 Å². The molecule has 1 aliphatic rings. The third-order valence-corrected chi connectivity index (χ3v) is 5.94. The number of alkyl halides is 1. The van der Waals surface area contributed by atoms with Gasteiger partial charge in [-0.25, -0.2) is 19.0 Å². The zero-order valence-corrected chi connectivity index (χ0v) is 24.3. The van der Waals surface area contributed by atoms with Crippen LogP contribution in [0.25, 0.3) is 11.2 Å². The van der Waals surface area contributed by atoms with E-state index < -0.39 is 54.7 Å². The van der Waals surface area contributed by atoms with E-state index in [0.29, 0.717) is 0 Å². The molecule has 1 fully saturated rings. The van der Waals surface area contributed by atoms with Crippen molar-refractivity contribution in [3.8, 4) is 0 Å². The lowest BCUT2D eigenvalue weighted by Gasteiger charge is -2.27. The van der Waals surface area contributed by atoms with Crippen molar-refractivity contribution in [2.45, 2.75) is 83.9 Å². The Morgan fingerprint density at radius 3 is 2.37 bits per heavy atom. The van der Waals surface area contributed by atoms with E-state index in [1.54, 1.807) is 41.5 Å². The van der Waals surface area contributed by atoms with Crippen LogP contribution in [-0.2, 0) is 25.5 Å². The topological polar surface area (TPSA) is 138 Å². The normalized spacial score (nSPS) is 21.1. The largest absolute Gasteiger partial charge is 0.509 e. The van der Waals surface area contributed by atoms with Crippen LogP contribution in [0.4, 0.5) is 19.8 Å². The highest BCUT2D eigenvalue weighted by molar-refractivity contribution is 6.28. The minimum Gasteiger partial charge on any atom is -0.443 e. The molecular formula is C27H33ClFN5O7. The van der Waals surface area contributed by atoms with Gasteiger partial charge in [0.05, 0.1) is 19.5 Å². The molecule has 0 saturated carbocycles. The Morgan fingerprint density at radius 2 is 1.76 bits per heavy atom. The molecule has 41 heavy (non-hydrogen) atoms. The summed E-state index contributed by atoms with van der Waals surface area (Å²) in [7, 11) is 0. The average Bonchev–Trinajstić information content (AvgIpc) is 3.41. The maximum Gasteiger partial charge on any atom is 0.509 e. The molecule has 12 nitrogen and oxygen atoms in total. The van der Waals surface area contributed by atoms with Crippen LogP contribution in [0, 0.1) is 0 Å². The van der Waals surface area contributed by atoms with Crippen molar-refractivity contribution in [1.29, 1.82) is 0 Å². The highest BCUT2D eigenvalue weighted by atomic mass is 35.5. The Morgan fingerprint density at radius 1 is 1.10 bits per heavy atom. The summed E-state index contributed by atoms with van der Waals surface area (Å²) < 4.78 is 38.7. The number of hydrogen-bond acceptors (Lipinski definition) is 10. The Kier molecular flexibility index (Phi) is 8.71. The maximum atomic E-state index is 15.8. The van der Waals surface area contributed by atoms with Gasteiger partial charge in [0.1, 0.15) is 17.3 Å². The lowest BCUT2D eigenvalue weighted by atomic mass is 10.1. The van der Waals surface area contributed by atoms with Crippen LogP contribution in [0.2, 0.25) is 5.28 Å². The van der Waals surface area contributed by atoms with Gasteiger partial charge in [-0.2, -0.15) is 9.97 Å². The number of aliphatic hydroxyl groups excluding tert-OH is 1. The minimum absolute atomic E-state index is 0.0329. The van der Waals surface area contributed by atoms with Crippen LogP contribution in [0.15, 0.2) is 36.7 Å². The van der Waals surface area contributed by atoms with E-state index in [9.17, 15) is 14.7 Å². The van der Waals surface area contributed by atoms with Crippen LogP contribution in [-0.4, -0.2) is 73.1 Å². The summed E-state index contributed by atoms with van der Waals surface area (Å²) in [5.74, 6) is 0.0329. The van der Waals surface area contributed by atoms with E-state index in [1.807, 2.05) is 30.3 Å². The molecule has 1 aromatic carbocycles. The molecule has 1 saturated heterocycles. The highest BCUT2D eigenvalue weighted by Gasteiger charge is 2.49. The molecule has 1 amide bonds. The van der Waals surface area contributed by atoms with Crippen LogP contribution >= 0.6 is 11.6 Å². The first-order chi connectivity index (χ1) is 19.2. The third kappa shape index (κ3) is 7.21. The number of halogens is 2. The van der Waals surface area contributed by atoms with Crippen molar-refractivity contribution in [3.63, 3.8) is 0 Å². The van der Waals surface area contributed by atoms with Crippen LogP contribution in [0.5, 0.6) is 0 Å². The molecule has 0 spiro atoms. The number of ether oxygens (including phenoxy) is 4.